The van der Waals surface area contributed by atoms with E-state index < -0.39 is 0 Å². The molecule has 2 unspecified atom stereocenters. The summed E-state index contributed by atoms with van der Waals surface area (Å²) < 4.78 is 6.10. The molecule has 0 aromatic heterocycles. The van der Waals surface area contributed by atoms with Gasteiger partial charge in [-0.1, -0.05) is 0 Å². The normalized spacial score (nSPS) is 31.1. The molecule has 0 heterocycles. The second-order valence-corrected chi connectivity index (χ2v) is 11.8. The van der Waals surface area contributed by atoms with Gasteiger partial charge in [-0.25, -0.2) is 0 Å². The molecular formula is C25H31NO2Se. The summed E-state index contributed by atoms with van der Waals surface area (Å²) >= 11 is 0.194. The minimum atomic E-state index is -0.00594. The molecule has 2 aliphatic carbocycles. The first-order valence-corrected chi connectivity index (χ1v) is 12.4. The number of benzene rings is 2. The van der Waals surface area contributed by atoms with Crippen LogP contribution in [0.3, 0.4) is 0 Å². The third-order valence-electron chi connectivity index (χ3n) is 7.69. The number of rotatable bonds is 6. The maximum atomic E-state index is 10.0. The number of methoxy groups -OCH3 is 1. The zero-order valence-corrected chi connectivity index (χ0v) is 19.4. The monoisotopic (exact) mass is 457 g/mol. The zero-order valence-electron chi connectivity index (χ0n) is 17.7. The minimum absolute atomic E-state index is 0.00458. The fourth-order valence-electron chi connectivity index (χ4n) is 5.56. The van der Waals surface area contributed by atoms with Crippen LogP contribution in [0.2, 0.25) is 4.82 Å². The van der Waals surface area contributed by atoms with Crippen molar-refractivity contribution in [3.8, 4) is 0 Å². The third-order valence-corrected chi connectivity index (χ3v) is 11.2. The molecule has 3 nitrogen and oxygen atoms in total. The van der Waals surface area contributed by atoms with Crippen molar-refractivity contribution in [2.24, 2.45) is 21.9 Å². The SMILES string of the molecule is COC(c1ccccc1)C([Se][C@@H]1/C(=N\O)[C@]2(C)CC[C@H]1C2(C)C)c1ccccc1. The number of hydrogen-bond acceptors (Lipinski definition) is 3. The Kier molecular flexibility index (Phi) is 5.63. The van der Waals surface area contributed by atoms with E-state index in [1.807, 2.05) is 7.11 Å². The fourth-order valence-corrected chi connectivity index (χ4v) is 10.1. The van der Waals surface area contributed by atoms with Crippen molar-refractivity contribution in [3.63, 3.8) is 0 Å². The van der Waals surface area contributed by atoms with Crippen LogP contribution in [-0.4, -0.2) is 33.0 Å². The Morgan fingerprint density at radius 1 is 1.00 bits per heavy atom. The van der Waals surface area contributed by atoms with Gasteiger partial charge in [0.2, 0.25) is 0 Å². The molecule has 2 bridgehead atoms. The van der Waals surface area contributed by atoms with Gasteiger partial charge in [0.05, 0.1) is 0 Å². The maximum absolute atomic E-state index is 10.0. The Morgan fingerprint density at radius 2 is 1.59 bits per heavy atom. The molecule has 29 heavy (non-hydrogen) atoms. The third kappa shape index (κ3) is 3.26. The van der Waals surface area contributed by atoms with Gasteiger partial charge in [0.1, 0.15) is 0 Å². The van der Waals surface area contributed by atoms with E-state index in [0.717, 1.165) is 12.1 Å². The second kappa shape index (κ2) is 7.90. The van der Waals surface area contributed by atoms with Gasteiger partial charge in [-0.15, -0.1) is 0 Å². The van der Waals surface area contributed by atoms with E-state index in [4.69, 9.17) is 4.74 Å². The molecule has 2 fully saturated rings. The molecule has 2 aromatic carbocycles. The Hall–Kier alpha value is -1.61. The topological polar surface area (TPSA) is 41.8 Å². The molecule has 4 heteroatoms. The van der Waals surface area contributed by atoms with E-state index in [9.17, 15) is 5.21 Å². The number of fused-ring (bicyclic) bond motifs is 2. The van der Waals surface area contributed by atoms with Crippen LogP contribution < -0.4 is 0 Å². The van der Waals surface area contributed by atoms with Crippen molar-refractivity contribution >= 4 is 20.7 Å². The molecule has 0 saturated heterocycles. The Bertz CT molecular complexity index is 867. The van der Waals surface area contributed by atoms with Crippen LogP contribution in [-0.2, 0) is 4.74 Å². The van der Waals surface area contributed by atoms with Crippen LogP contribution in [0.1, 0.15) is 55.7 Å². The Labute approximate surface area is 180 Å². The van der Waals surface area contributed by atoms with Gasteiger partial charge in [0, 0.05) is 0 Å². The fraction of sp³-hybridized carbons (Fsp3) is 0.480. The van der Waals surface area contributed by atoms with E-state index in [1.54, 1.807) is 0 Å². The van der Waals surface area contributed by atoms with Crippen LogP contribution in [0.4, 0.5) is 0 Å². The summed E-state index contributed by atoms with van der Waals surface area (Å²) in [6.07, 6.45) is 2.34. The van der Waals surface area contributed by atoms with Crippen LogP contribution in [0, 0.1) is 16.7 Å². The second-order valence-electron chi connectivity index (χ2n) is 9.14. The molecule has 154 valence electrons. The van der Waals surface area contributed by atoms with Crippen molar-refractivity contribution in [1.29, 1.82) is 0 Å². The standard InChI is InChI=1S/C25H31NO2Se/c1-24(2)19-15-16-25(24,3)23(26-27)22(19)29-21(18-13-9-6-10-14-18)20(28-4)17-11-7-5-8-12-17/h5-14,19-22,27H,15-16H2,1-4H3/b26-23+/t19-,20?,21?,22+,25+/m1/s1. The van der Waals surface area contributed by atoms with Gasteiger partial charge < -0.3 is 0 Å². The van der Waals surface area contributed by atoms with Crippen molar-refractivity contribution in [3.05, 3.63) is 71.8 Å². The summed E-state index contributed by atoms with van der Waals surface area (Å²) in [5, 5.41) is 13.9. The quantitative estimate of drug-likeness (QED) is 0.334. The summed E-state index contributed by atoms with van der Waals surface area (Å²) in [4.78, 5) is 0.601. The first-order chi connectivity index (χ1) is 13.9. The van der Waals surface area contributed by atoms with Gasteiger partial charge in [0.25, 0.3) is 0 Å². The van der Waals surface area contributed by atoms with Crippen LogP contribution in [0.15, 0.2) is 65.8 Å². The number of nitrogens with zero attached hydrogens (tertiary/aromatic N) is 1. The van der Waals surface area contributed by atoms with E-state index in [1.165, 1.54) is 17.5 Å². The molecule has 5 atom stereocenters. The Morgan fingerprint density at radius 3 is 2.14 bits per heavy atom. The molecule has 2 aromatic rings. The predicted molar refractivity (Wildman–Crippen MR) is 119 cm³/mol. The molecule has 0 aliphatic heterocycles. The van der Waals surface area contributed by atoms with E-state index in [-0.39, 0.29) is 36.7 Å². The average Bonchev–Trinajstić information content (AvgIpc) is 3.06. The van der Waals surface area contributed by atoms with Crippen LogP contribution in [0.25, 0.3) is 0 Å². The summed E-state index contributed by atoms with van der Waals surface area (Å²) in [5.74, 6) is 0.567. The molecule has 4 rings (SSSR count). The van der Waals surface area contributed by atoms with Crippen molar-refractivity contribution in [1.82, 2.24) is 0 Å². The number of oxime groups is 1. The Balaban J connectivity index is 1.74. The van der Waals surface area contributed by atoms with Crippen LogP contribution >= 0.6 is 0 Å². The van der Waals surface area contributed by atoms with Gasteiger partial charge in [-0.2, -0.15) is 0 Å². The van der Waals surface area contributed by atoms with Gasteiger partial charge >= 0.3 is 181 Å². The molecule has 0 spiro atoms. The summed E-state index contributed by atoms with van der Waals surface area (Å²) in [6.45, 7) is 7.05. The van der Waals surface area contributed by atoms with E-state index in [0.29, 0.717) is 10.7 Å². The van der Waals surface area contributed by atoms with E-state index >= 15 is 0 Å². The molecule has 1 N–H and O–H groups in total. The molecular weight excluding hydrogens is 425 g/mol. The first-order valence-electron chi connectivity index (χ1n) is 10.4. The number of ether oxygens (including phenoxy) is 1. The van der Waals surface area contributed by atoms with Crippen LogP contribution in [0.5, 0.6) is 0 Å². The molecule has 0 radical (unpaired) electrons. The van der Waals surface area contributed by atoms with Gasteiger partial charge in [0.15, 0.2) is 0 Å². The van der Waals surface area contributed by atoms with Gasteiger partial charge in [-0.05, 0) is 0 Å². The van der Waals surface area contributed by atoms with Crippen molar-refractivity contribution in [2.75, 3.05) is 7.11 Å². The number of hydrogen-bond donors (Lipinski definition) is 1. The summed E-state index contributed by atoms with van der Waals surface area (Å²) in [7, 11) is 1.82. The predicted octanol–water partition coefficient (Wildman–Crippen LogP) is 5.89. The van der Waals surface area contributed by atoms with Crippen molar-refractivity contribution < 1.29 is 9.94 Å². The zero-order chi connectivity index (χ0) is 20.6. The summed E-state index contributed by atoms with van der Waals surface area (Å²) in [5.41, 5.74) is 3.71. The van der Waals surface area contributed by atoms with Gasteiger partial charge in [-0.3, -0.25) is 0 Å². The summed E-state index contributed by atoms with van der Waals surface area (Å²) in [6, 6.07) is 21.3. The van der Waals surface area contributed by atoms with Crippen molar-refractivity contribution in [2.45, 2.75) is 49.3 Å². The first kappa shape index (κ1) is 20.7. The average molecular weight is 456 g/mol. The molecule has 0 amide bonds. The molecule has 2 aliphatic rings. The molecule has 2 saturated carbocycles. The van der Waals surface area contributed by atoms with E-state index in [2.05, 4.69) is 86.6 Å².